The molecule has 0 spiro atoms. The van der Waals surface area contributed by atoms with Crippen molar-refractivity contribution in [2.24, 2.45) is 5.92 Å². The topological polar surface area (TPSA) is 66.3 Å². The summed E-state index contributed by atoms with van der Waals surface area (Å²) < 4.78 is 0. The second-order valence-electron chi connectivity index (χ2n) is 5.56. The van der Waals surface area contributed by atoms with E-state index in [1.54, 1.807) is 6.33 Å². The van der Waals surface area contributed by atoms with Gasteiger partial charge in [0, 0.05) is 30.8 Å². The molecule has 0 bridgehead atoms. The van der Waals surface area contributed by atoms with Gasteiger partial charge < -0.3 is 10.0 Å². The van der Waals surface area contributed by atoms with Gasteiger partial charge in [0.1, 0.15) is 12.1 Å². The van der Waals surface area contributed by atoms with Crippen LogP contribution >= 0.6 is 0 Å². The number of nitrogens with zero attached hydrogens (tertiary/aromatic N) is 3. The first-order chi connectivity index (χ1) is 9.74. The molecule has 2 aliphatic rings. The van der Waals surface area contributed by atoms with Crippen molar-refractivity contribution in [1.82, 2.24) is 9.97 Å². The highest BCUT2D eigenvalue weighted by atomic mass is 16.4. The summed E-state index contributed by atoms with van der Waals surface area (Å²) in [6.07, 6.45) is 9.72. The van der Waals surface area contributed by atoms with Gasteiger partial charge in [-0.15, -0.1) is 0 Å². The van der Waals surface area contributed by atoms with Crippen molar-refractivity contribution in [3.8, 4) is 0 Å². The quantitative estimate of drug-likeness (QED) is 0.855. The normalized spacial score (nSPS) is 23.2. The minimum atomic E-state index is -0.705. The van der Waals surface area contributed by atoms with Crippen LogP contribution in [0, 0.1) is 5.92 Å². The van der Waals surface area contributed by atoms with Crippen LogP contribution in [0.25, 0.3) is 0 Å². The van der Waals surface area contributed by atoms with Crippen molar-refractivity contribution in [3.63, 3.8) is 0 Å². The largest absolute Gasteiger partial charge is 0.481 e. The van der Waals surface area contributed by atoms with Crippen LogP contribution in [-0.4, -0.2) is 34.1 Å². The molecule has 106 valence electrons. The summed E-state index contributed by atoms with van der Waals surface area (Å²) in [7, 11) is 0. The molecule has 1 fully saturated rings. The first-order valence-corrected chi connectivity index (χ1v) is 7.18. The maximum absolute atomic E-state index is 11.1. The zero-order valence-electron chi connectivity index (χ0n) is 11.4. The Morgan fingerprint density at radius 1 is 1.30 bits per heavy atom. The van der Waals surface area contributed by atoms with Gasteiger partial charge in [-0.3, -0.25) is 4.79 Å². The van der Waals surface area contributed by atoms with E-state index in [-0.39, 0.29) is 5.92 Å². The molecule has 0 aromatic carbocycles. The first kappa shape index (κ1) is 13.1. The summed E-state index contributed by atoms with van der Waals surface area (Å²) in [5.41, 5.74) is 1.07. The Bertz CT molecular complexity index is 522. The fourth-order valence-electron chi connectivity index (χ4n) is 3.00. The molecule has 1 aromatic rings. The molecule has 1 aromatic heterocycles. The predicted octanol–water partition coefficient (Wildman–Crippen LogP) is 2.21. The highest BCUT2D eigenvalue weighted by Crippen LogP contribution is 2.30. The fraction of sp³-hybridized carbons (Fsp3) is 0.533. The Morgan fingerprint density at radius 2 is 2.10 bits per heavy atom. The van der Waals surface area contributed by atoms with Crippen LogP contribution in [0.4, 0.5) is 5.82 Å². The van der Waals surface area contributed by atoms with Crippen LogP contribution in [-0.2, 0) is 4.79 Å². The molecule has 0 radical (unpaired) electrons. The standard InChI is InChI=1S/C15H19N3O2/c19-15(20)12-6-3-7-18(9-12)14-8-13(16-10-17-14)11-4-1-2-5-11/h1-2,8,10-12H,3-7,9H2,(H,19,20). The Balaban J connectivity index is 1.76. The summed E-state index contributed by atoms with van der Waals surface area (Å²) in [6, 6.07) is 2.03. The summed E-state index contributed by atoms with van der Waals surface area (Å²) in [5, 5.41) is 9.16. The van der Waals surface area contributed by atoms with Gasteiger partial charge in [-0.05, 0) is 25.7 Å². The van der Waals surface area contributed by atoms with Crippen LogP contribution in [0.15, 0.2) is 24.5 Å². The molecule has 1 atom stereocenters. The first-order valence-electron chi connectivity index (χ1n) is 7.18. The van der Waals surface area contributed by atoms with E-state index in [2.05, 4.69) is 27.0 Å². The summed E-state index contributed by atoms with van der Waals surface area (Å²) in [4.78, 5) is 21.9. The van der Waals surface area contributed by atoms with Crippen molar-refractivity contribution in [3.05, 3.63) is 30.2 Å². The van der Waals surface area contributed by atoms with Gasteiger partial charge in [0.2, 0.25) is 0 Å². The van der Waals surface area contributed by atoms with Crippen LogP contribution in [0.3, 0.4) is 0 Å². The third-order valence-electron chi connectivity index (χ3n) is 4.19. The lowest BCUT2D eigenvalue weighted by Crippen LogP contribution is -2.39. The maximum atomic E-state index is 11.1. The molecule has 1 N–H and O–H groups in total. The van der Waals surface area contributed by atoms with Gasteiger partial charge in [-0.2, -0.15) is 0 Å². The van der Waals surface area contributed by atoms with E-state index < -0.39 is 5.97 Å². The van der Waals surface area contributed by atoms with E-state index in [4.69, 9.17) is 5.11 Å². The molecule has 0 saturated carbocycles. The van der Waals surface area contributed by atoms with Crippen molar-refractivity contribution < 1.29 is 9.90 Å². The van der Waals surface area contributed by atoms with Crippen molar-refractivity contribution in [2.75, 3.05) is 18.0 Å². The second-order valence-corrected chi connectivity index (χ2v) is 5.56. The number of hydrogen-bond acceptors (Lipinski definition) is 4. The number of piperidine rings is 1. The molecular weight excluding hydrogens is 254 g/mol. The van der Waals surface area contributed by atoms with Gasteiger partial charge in [0.05, 0.1) is 5.92 Å². The summed E-state index contributed by atoms with van der Waals surface area (Å²) in [5.74, 6) is 0.337. The number of aromatic nitrogens is 2. The molecule has 1 aliphatic carbocycles. The van der Waals surface area contributed by atoms with E-state index in [0.29, 0.717) is 12.5 Å². The lowest BCUT2D eigenvalue weighted by molar-refractivity contribution is -0.141. The molecule has 5 heteroatoms. The smallest absolute Gasteiger partial charge is 0.308 e. The molecule has 1 saturated heterocycles. The maximum Gasteiger partial charge on any atom is 0.308 e. The number of aliphatic carboxylic acids is 1. The summed E-state index contributed by atoms with van der Waals surface area (Å²) in [6.45, 7) is 1.43. The number of allylic oxidation sites excluding steroid dienone is 2. The highest BCUT2D eigenvalue weighted by Gasteiger charge is 2.26. The Morgan fingerprint density at radius 3 is 2.85 bits per heavy atom. The van der Waals surface area contributed by atoms with Gasteiger partial charge in [0.25, 0.3) is 0 Å². The molecule has 3 rings (SSSR count). The average molecular weight is 273 g/mol. The van der Waals surface area contributed by atoms with E-state index >= 15 is 0 Å². The molecule has 2 heterocycles. The monoisotopic (exact) mass is 273 g/mol. The van der Waals surface area contributed by atoms with Gasteiger partial charge in [-0.25, -0.2) is 9.97 Å². The van der Waals surface area contributed by atoms with E-state index in [1.807, 2.05) is 6.07 Å². The zero-order chi connectivity index (χ0) is 13.9. The number of anilines is 1. The van der Waals surface area contributed by atoms with Gasteiger partial charge >= 0.3 is 5.97 Å². The molecule has 0 amide bonds. The van der Waals surface area contributed by atoms with E-state index in [0.717, 1.165) is 43.7 Å². The summed E-state index contributed by atoms with van der Waals surface area (Å²) >= 11 is 0. The Labute approximate surface area is 118 Å². The van der Waals surface area contributed by atoms with E-state index in [1.165, 1.54) is 0 Å². The average Bonchev–Trinajstić information content (AvgIpc) is 3.02. The Kier molecular flexibility index (Phi) is 3.67. The number of carboxylic acid groups (broad SMARTS) is 1. The number of rotatable bonds is 3. The van der Waals surface area contributed by atoms with Crippen LogP contribution in [0.5, 0.6) is 0 Å². The molecule has 20 heavy (non-hydrogen) atoms. The van der Waals surface area contributed by atoms with Crippen molar-refractivity contribution in [1.29, 1.82) is 0 Å². The fourth-order valence-corrected chi connectivity index (χ4v) is 3.00. The number of hydrogen-bond donors (Lipinski definition) is 1. The van der Waals surface area contributed by atoms with Gasteiger partial charge in [-0.1, -0.05) is 12.2 Å². The van der Waals surface area contributed by atoms with Crippen LogP contribution in [0.1, 0.15) is 37.3 Å². The minimum Gasteiger partial charge on any atom is -0.481 e. The van der Waals surface area contributed by atoms with E-state index in [9.17, 15) is 4.79 Å². The van der Waals surface area contributed by atoms with Crippen molar-refractivity contribution in [2.45, 2.75) is 31.6 Å². The molecular formula is C15H19N3O2. The van der Waals surface area contributed by atoms with Crippen LogP contribution < -0.4 is 4.90 Å². The number of carbonyl (C=O) groups is 1. The lowest BCUT2D eigenvalue weighted by Gasteiger charge is -2.31. The Hall–Kier alpha value is -1.91. The molecule has 5 nitrogen and oxygen atoms in total. The van der Waals surface area contributed by atoms with Crippen molar-refractivity contribution >= 4 is 11.8 Å². The van der Waals surface area contributed by atoms with Gasteiger partial charge in [0.15, 0.2) is 0 Å². The number of carboxylic acids is 1. The lowest BCUT2D eigenvalue weighted by atomic mass is 9.98. The zero-order valence-corrected chi connectivity index (χ0v) is 11.4. The predicted molar refractivity (Wildman–Crippen MR) is 75.7 cm³/mol. The minimum absolute atomic E-state index is 0.282. The van der Waals surface area contributed by atoms with Crippen LogP contribution in [0.2, 0.25) is 0 Å². The third kappa shape index (κ3) is 2.66. The SMILES string of the molecule is O=C(O)C1CCCN(c2cc(C3CC=CC3)ncn2)C1. The second kappa shape index (κ2) is 5.61. The third-order valence-corrected chi connectivity index (χ3v) is 4.19. The molecule has 1 unspecified atom stereocenters. The molecule has 1 aliphatic heterocycles. The highest BCUT2D eigenvalue weighted by molar-refractivity contribution is 5.71.